The molecule has 1 aromatic carbocycles. The highest BCUT2D eigenvalue weighted by Crippen LogP contribution is 2.21. The smallest absolute Gasteiger partial charge is 0.262 e. The van der Waals surface area contributed by atoms with E-state index in [-0.39, 0.29) is 17.5 Å². The second kappa shape index (κ2) is 12.7. The first-order valence-electron chi connectivity index (χ1n) is 10.4. The van der Waals surface area contributed by atoms with E-state index in [0.29, 0.717) is 28.8 Å². The zero-order valence-corrected chi connectivity index (χ0v) is 19.4. The summed E-state index contributed by atoms with van der Waals surface area (Å²) in [6.45, 7) is 4.73. The Morgan fingerprint density at radius 2 is 1.97 bits per heavy atom. The fourth-order valence-corrected chi connectivity index (χ4v) is 3.38. The number of pyridine rings is 1. The average Bonchev–Trinajstić information content (AvgIpc) is 2.77. The molecule has 2 aromatic rings. The second-order valence-electron chi connectivity index (χ2n) is 7.10. The topological polar surface area (TPSA) is 94.9 Å². The predicted octanol–water partition coefficient (Wildman–Crippen LogP) is 4.94. The molecule has 1 heterocycles. The lowest BCUT2D eigenvalue weighted by atomic mass is 9.99. The van der Waals surface area contributed by atoms with Crippen LogP contribution in [0.2, 0.25) is 0 Å². The van der Waals surface area contributed by atoms with E-state index in [1.165, 1.54) is 6.08 Å². The van der Waals surface area contributed by atoms with Gasteiger partial charge >= 0.3 is 0 Å². The van der Waals surface area contributed by atoms with Gasteiger partial charge in [-0.3, -0.25) is 9.59 Å². The minimum absolute atomic E-state index is 0.0276. The van der Waals surface area contributed by atoms with Crippen molar-refractivity contribution in [1.29, 1.82) is 5.26 Å². The molecule has 0 saturated carbocycles. The Bertz CT molecular complexity index is 982. The van der Waals surface area contributed by atoms with Crippen LogP contribution in [0.25, 0.3) is 6.08 Å². The van der Waals surface area contributed by atoms with E-state index in [9.17, 15) is 14.9 Å². The standard InChI is InChI=1S/C24H27BrN4O2/c1-3-5-13-27-23(30)18-10-6-9-17(14-18)21(8-4-2)29-24(31)19(16-26)15-20-11-7-12-22(25)28-20/h6-7,9-12,14-15,21H,3-5,8,13H2,1-2H3,(H,27,30)(H,29,31)/b19-15+. The monoisotopic (exact) mass is 482 g/mol. The van der Waals surface area contributed by atoms with Crippen LogP contribution in [0.3, 0.4) is 0 Å². The number of halogens is 1. The molecule has 0 saturated heterocycles. The van der Waals surface area contributed by atoms with Gasteiger partial charge in [0.25, 0.3) is 11.8 Å². The number of nitriles is 1. The maximum atomic E-state index is 12.8. The van der Waals surface area contributed by atoms with Crippen molar-refractivity contribution in [2.75, 3.05) is 6.54 Å². The number of amides is 2. The number of nitrogens with zero attached hydrogens (tertiary/aromatic N) is 2. The van der Waals surface area contributed by atoms with E-state index in [1.54, 1.807) is 30.3 Å². The molecule has 2 rings (SSSR count). The summed E-state index contributed by atoms with van der Waals surface area (Å²) in [7, 11) is 0. The number of hydrogen-bond donors (Lipinski definition) is 2. The number of carbonyl (C=O) groups excluding carboxylic acids is 2. The lowest BCUT2D eigenvalue weighted by Gasteiger charge is -2.19. The molecule has 7 heteroatoms. The highest BCUT2D eigenvalue weighted by Gasteiger charge is 2.18. The van der Waals surface area contributed by atoms with Gasteiger partial charge in [-0.05, 0) is 64.7 Å². The van der Waals surface area contributed by atoms with Crippen LogP contribution in [0.5, 0.6) is 0 Å². The Kier molecular flexibility index (Phi) is 9.92. The number of carbonyl (C=O) groups is 2. The van der Waals surface area contributed by atoms with Crippen molar-refractivity contribution >= 4 is 33.8 Å². The number of rotatable bonds is 10. The van der Waals surface area contributed by atoms with Gasteiger partial charge in [0, 0.05) is 12.1 Å². The summed E-state index contributed by atoms with van der Waals surface area (Å²) in [5.41, 5.74) is 1.87. The molecule has 0 radical (unpaired) electrons. The molecule has 0 aliphatic carbocycles. The highest BCUT2D eigenvalue weighted by atomic mass is 79.9. The van der Waals surface area contributed by atoms with E-state index < -0.39 is 5.91 Å². The largest absolute Gasteiger partial charge is 0.352 e. The fourth-order valence-electron chi connectivity index (χ4n) is 3.03. The molecular formula is C24H27BrN4O2. The normalized spacial score (nSPS) is 12.0. The van der Waals surface area contributed by atoms with Gasteiger partial charge in [-0.15, -0.1) is 0 Å². The Hall–Kier alpha value is -2.98. The van der Waals surface area contributed by atoms with Gasteiger partial charge in [-0.1, -0.05) is 44.9 Å². The molecule has 1 aromatic heterocycles. The first-order chi connectivity index (χ1) is 15.0. The number of aromatic nitrogens is 1. The summed E-state index contributed by atoms with van der Waals surface area (Å²) in [6, 6.07) is 14.2. The number of nitrogens with one attached hydrogen (secondary N) is 2. The molecule has 1 unspecified atom stereocenters. The van der Waals surface area contributed by atoms with E-state index in [1.807, 2.05) is 25.1 Å². The van der Waals surface area contributed by atoms with Gasteiger partial charge in [0.2, 0.25) is 0 Å². The Labute approximate surface area is 191 Å². The Morgan fingerprint density at radius 1 is 1.19 bits per heavy atom. The van der Waals surface area contributed by atoms with Gasteiger partial charge in [-0.25, -0.2) is 4.98 Å². The fraction of sp³-hybridized carbons (Fsp3) is 0.333. The maximum Gasteiger partial charge on any atom is 0.262 e. The maximum absolute atomic E-state index is 12.8. The van der Waals surface area contributed by atoms with Crippen molar-refractivity contribution in [3.8, 4) is 6.07 Å². The van der Waals surface area contributed by atoms with Gasteiger partial charge in [0.1, 0.15) is 16.2 Å². The summed E-state index contributed by atoms with van der Waals surface area (Å²) in [4.78, 5) is 29.4. The molecule has 0 fully saturated rings. The first-order valence-corrected chi connectivity index (χ1v) is 11.2. The number of benzene rings is 1. The van der Waals surface area contributed by atoms with Crippen LogP contribution in [-0.2, 0) is 4.79 Å². The second-order valence-corrected chi connectivity index (χ2v) is 7.92. The van der Waals surface area contributed by atoms with Crippen molar-refractivity contribution in [3.05, 3.63) is 69.5 Å². The molecule has 0 aliphatic heterocycles. The zero-order chi connectivity index (χ0) is 22.6. The van der Waals surface area contributed by atoms with Crippen LogP contribution in [0, 0.1) is 11.3 Å². The van der Waals surface area contributed by atoms with Crippen LogP contribution in [0.15, 0.2) is 52.6 Å². The number of hydrogen-bond acceptors (Lipinski definition) is 4. The molecule has 31 heavy (non-hydrogen) atoms. The van der Waals surface area contributed by atoms with Crippen LogP contribution in [-0.4, -0.2) is 23.3 Å². The van der Waals surface area contributed by atoms with Crippen LogP contribution < -0.4 is 10.6 Å². The van der Waals surface area contributed by atoms with Crippen molar-refractivity contribution < 1.29 is 9.59 Å². The van der Waals surface area contributed by atoms with Crippen molar-refractivity contribution in [2.45, 2.75) is 45.6 Å². The summed E-state index contributed by atoms with van der Waals surface area (Å²) in [5, 5.41) is 15.3. The third-order valence-corrected chi connectivity index (χ3v) is 5.09. The minimum Gasteiger partial charge on any atom is -0.352 e. The third-order valence-electron chi connectivity index (χ3n) is 4.64. The average molecular weight is 483 g/mol. The predicted molar refractivity (Wildman–Crippen MR) is 125 cm³/mol. The summed E-state index contributed by atoms with van der Waals surface area (Å²) < 4.78 is 0.622. The van der Waals surface area contributed by atoms with Crippen molar-refractivity contribution in [1.82, 2.24) is 15.6 Å². The first kappa shape index (κ1) is 24.3. The van der Waals surface area contributed by atoms with Crippen molar-refractivity contribution in [2.24, 2.45) is 0 Å². The number of unbranched alkanes of at least 4 members (excludes halogenated alkanes) is 1. The quantitative estimate of drug-likeness (QED) is 0.217. The Balaban J connectivity index is 2.20. The molecule has 1 atom stereocenters. The molecule has 162 valence electrons. The van der Waals surface area contributed by atoms with E-state index in [2.05, 4.69) is 38.5 Å². The molecule has 6 nitrogen and oxygen atoms in total. The Morgan fingerprint density at radius 3 is 2.65 bits per heavy atom. The molecule has 0 bridgehead atoms. The lowest BCUT2D eigenvalue weighted by molar-refractivity contribution is -0.117. The third kappa shape index (κ3) is 7.65. The summed E-state index contributed by atoms with van der Waals surface area (Å²) >= 11 is 3.28. The highest BCUT2D eigenvalue weighted by molar-refractivity contribution is 9.10. The van der Waals surface area contributed by atoms with Crippen LogP contribution in [0.1, 0.15) is 67.2 Å². The van der Waals surface area contributed by atoms with Gasteiger partial charge in [0.15, 0.2) is 0 Å². The zero-order valence-electron chi connectivity index (χ0n) is 17.8. The van der Waals surface area contributed by atoms with E-state index in [4.69, 9.17) is 0 Å². The van der Waals surface area contributed by atoms with Gasteiger partial charge in [-0.2, -0.15) is 5.26 Å². The lowest BCUT2D eigenvalue weighted by Crippen LogP contribution is -2.30. The van der Waals surface area contributed by atoms with E-state index >= 15 is 0 Å². The SMILES string of the molecule is CCCCNC(=O)c1cccc(C(CCC)NC(=O)/C(C#N)=C/c2cccc(Br)n2)c1. The molecule has 0 spiro atoms. The molecule has 0 aliphatic rings. The molecule has 2 N–H and O–H groups in total. The van der Waals surface area contributed by atoms with Crippen LogP contribution >= 0.6 is 15.9 Å². The minimum atomic E-state index is -0.472. The summed E-state index contributed by atoms with van der Waals surface area (Å²) in [6.07, 6.45) is 4.91. The van der Waals surface area contributed by atoms with Crippen LogP contribution in [0.4, 0.5) is 0 Å². The summed E-state index contributed by atoms with van der Waals surface area (Å²) in [5.74, 6) is -0.601. The molecule has 2 amide bonds. The van der Waals surface area contributed by atoms with E-state index in [0.717, 1.165) is 24.8 Å². The molecular weight excluding hydrogens is 456 g/mol. The van der Waals surface area contributed by atoms with Gasteiger partial charge < -0.3 is 10.6 Å². The van der Waals surface area contributed by atoms with Crippen molar-refractivity contribution in [3.63, 3.8) is 0 Å². The van der Waals surface area contributed by atoms with Gasteiger partial charge in [0.05, 0.1) is 11.7 Å².